The molecule has 1 aromatic carbocycles. The Kier molecular flexibility index (Phi) is 4.50. The fourth-order valence-electron chi connectivity index (χ4n) is 1.39. The second-order valence-corrected chi connectivity index (χ2v) is 3.89. The lowest BCUT2D eigenvalue weighted by molar-refractivity contribution is -0.140. The van der Waals surface area contributed by atoms with Crippen LogP contribution in [-0.2, 0) is 9.53 Å². The lowest BCUT2D eigenvalue weighted by Crippen LogP contribution is -2.07. The van der Waals surface area contributed by atoms with Crippen molar-refractivity contribution < 1.29 is 14.3 Å². The number of ether oxygens (including phenoxy) is 1. The van der Waals surface area contributed by atoms with Crippen LogP contribution in [0.15, 0.2) is 18.2 Å². The van der Waals surface area contributed by atoms with Crippen LogP contribution < -0.4 is 0 Å². The number of esters is 1. The molecular weight excluding hydrogens is 228 g/mol. The van der Waals surface area contributed by atoms with Crippen LogP contribution in [0.1, 0.15) is 28.8 Å². The van der Waals surface area contributed by atoms with Gasteiger partial charge in [0.05, 0.1) is 13.5 Å². The molecule has 0 N–H and O–H groups in total. The predicted octanol–water partition coefficient (Wildman–Crippen LogP) is 2.78. The quantitative estimate of drug-likeness (QED) is 0.600. The van der Waals surface area contributed by atoms with Gasteiger partial charge in [-0.15, -0.1) is 0 Å². The van der Waals surface area contributed by atoms with Gasteiger partial charge >= 0.3 is 5.97 Å². The van der Waals surface area contributed by atoms with Crippen LogP contribution in [0.3, 0.4) is 0 Å². The van der Waals surface area contributed by atoms with Crippen molar-refractivity contribution in [2.45, 2.75) is 19.8 Å². The maximum atomic E-state index is 11.7. The number of halogens is 1. The fraction of sp³-hybridized carbons (Fsp3) is 0.333. The van der Waals surface area contributed by atoms with E-state index < -0.39 is 0 Å². The van der Waals surface area contributed by atoms with Gasteiger partial charge in [-0.3, -0.25) is 9.59 Å². The highest BCUT2D eigenvalue weighted by Gasteiger charge is 2.11. The molecule has 4 heteroatoms. The molecule has 0 radical (unpaired) electrons. The van der Waals surface area contributed by atoms with Crippen molar-refractivity contribution in [2.24, 2.45) is 0 Å². The lowest BCUT2D eigenvalue weighted by Gasteiger charge is -2.04. The molecule has 3 nitrogen and oxygen atoms in total. The average Bonchev–Trinajstić information content (AvgIpc) is 2.25. The summed E-state index contributed by atoms with van der Waals surface area (Å²) in [5.74, 6) is -0.445. The van der Waals surface area contributed by atoms with Crippen molar-refractivity contribution in [2.75, 3.05) is 7.11 Å². The Morgan fingerprint density at radius 1 is 1.31 bits per heavy atom. The maximum absolute atomic E-state index is 11.7. The molecule has 0 aliphatic carbocycles. The van der Waals surface area contributed by atoms with Gasteiger partial charge in [0.25, 0.3) is 0 Å². The van der Waals surface area contributed by atoms with Gasteiger partial charge in [0.2, 0.25) is 0 Å². The summed E-state index contributed by atoms with van der Waals surface area (Å²) < 4.78 is 4.47. The Bertz CT molecular complexity index is 413. The summed E-state index contributed by atoms with van der Waals surface area (Å²) in [7, 11) is 1.31. The summed E-state index contributed by atoms with van der Waals surface area (Å²) in [6, 6.07) is 5.07. The number of Topliss-reactive ketones (excluding diaryl/α,β-unsaturated/α-hetero) is 1. The molecule has 0 bridgehead atoms. The number of methoxy groups -OCH3 is 1. The molecule has 0 fully saturated rings. The number of hydrogen-bond acceptors (Lipinski definition) is 3. The van der Waals surface area contributed by atoms with E-state index in [1.165, 1.54) is 7.11 Å². The Hall–Kier alpha value is -1.35. The SMILES string of the molecule is COC(=O)CCC(=O)c1ccc(Cl)cc1C. The standard InChI is InChI=1S/C12H13ClO3/c1-8-7-9(13)3-4-10(8)11(14)5-6-12(15)16-2/h3-4,7H,5-6H2,1-2H3. The van der Waals surface area contributed by atoms with Crippen molar-refractivity contribution in [1.29, 1.82) is 0 Å². The second kappa shape index (κ2) is 5.66. The molecule has 1 rings (SSSR count). The summed E-state index contributed by atoms with van der Waals surface area (Å²) in [6.07, 6.45) is 0.270. The highest BCUT2D eigenvalue weighted by atomic mass is 35.5. The van der Waals surface area contributed by atoms with Gasteiger partial charge in [0.1, 0.15) is 0 Å². The van der Waals surface area contributed by atoms with Crippen molar-refractivity contribution in [1.82, 2.24) is 0 Å². The van der Waals surface area contributed by atoms with E-state index in [2.05, 4.69) is 4.74 Å². The third-order valence-corrected chi connectivity index (χ3v) is 2.51. The van der Waals surface area contributed by atoms with E-state index in [1.807, 2.05) is 6.92 Å². The van der Waals surface area contributed by atoms with Crippen LogP contribution in [-0.4, -0.2) is 18.9 Å². The minimum atomic E-state index is -0.375. The summed E-state index contributed by atoms with van der Waals surface area (Å²) in [5.41, 5.74) is 1.43. The van der Waals surface area contributed by atoms with Crippen LogP contribution in [0.5, 0.6) is 0 Å². The normalized spacial score (nSPS) is 9.94. The molecule has 16 heavy (non-hydrogen) atoms. The second-order valence-electron chi connectivity index (χ2n) is 3.46. The molecule has 0 aromatic heterocycles. The van der Waals surface area contributed by atoms with E-state index in [-0.39, 0.29) is 24.6 Å². The van der Waals surface area contributed by atoms with Gasteiger partial charge in [0.15, 0.2) is 5.78 Å². The monoisotopic (exact) mass is 240 g/mol. The number of ketones is 1. The first-order valence-electron chi connectivity index (χ1n) is 4.90. The fourth-order valence-corrected chi connectivity index (χ4v) is 1.62. The summed E-state index contributed by atoms with van der Waals surface area (Å²) >= 11 is 5.79. The number of rotatable bonds is 4. The zero-order valence-electron chi connectivity index (χ0n) is 9.25. The summed E-state index contributed by atoms with van der Waals surface area (Å²) in [5, 5.41) is 0.599. The summed E-state index contributed by atoms with van der Waals surface area (Å²) in [6.45, 7) is 1.82. The molecule has 0 amide bonds. The molecule has 0 aliphatic rings. The number of hydrogen-bond donors (Lipinski definition) is 0. The first kappa shape index (κ1) is 12.7. The summed E-state index contributed by atoms with van der Waals surface area (Å²) in [4.78, 5) is 22.6. The van der Waals surface area contributed by atoms with Gasteiger partial charge in [-0.2, -0.15) is 0 Å². The lowest BCUT2D eigenvalue weighted by atomic mass is 10.0. The minimum Gasteiger partial charge on any atom is -0.469 e. The Balaban J connectivity index is 2.70. The first-order chi connectivity index (χ1) is 7.54. The van der Waals surface area contributed by atoms with Crippen molar-refractivity contribution in [3.8, 4) is 0 Å². The van der Waals surface area contributed by atoms with E-state index in [0.717, 1.165) is 5.56 Å². The highest BCUT2D eigenvalue weighted by Crippen LogP contribution is 2.17. The topological polar surface area (TPSA) is 43.4 Å². The first-order valence-corrected chi connectivity index (χ1v) is 5.28. The smallest absolute Gasteiger partial charge is 0.305 e. The molecular formula is C12H13ClO3. The van der Waals surface area contributed by atoms with Crippen LogP contribution in [0, 0.1) is 6.92 Å². The number of carbonyl (C=O) groups is 2. The van der Waals surface area contributed by atoms with Gasteiger partial charge in [0, 0.05) is 17.0 Å². The van der Waals surface area contributed by atoms with Crippen molar-refractivity contribution in [3.63, 3.8) is 0 Å². The van der Waals surface area contributed by atoms with Crippen LogP contribution in [0.2, 0.25) is 5.02 Å². The van der Waals surface area contributed by atoms with Gasteiger partial charge in [-0.1, -0.05) is 11.6 Å². The highest BCUT2D eigenvalue weighted by molar-refractivity contribution is 6.30. The largest absolute Gasteiger partial charge is 0.469 e. The number of aryl methyl sites for hydroxylation is 1. The molecule has 86 valence electrons. The van der Waals surface area contributed by atoms with Gasteiger partial charge in [-0.25, -0.2) is 0 Å². The molecule has 0 unspecified atom stereocenters. The average molecular weight is 241 g/mol. The number of carbonyl (C=O) groups excluding carboxylic acids is 2. The van der Waals surface area contributed by atoms with Crippen molar-refractivity contribution >= 4 is 23.4 Å². The Labute approximate surface area is 99.4 Å². The van der Waals surface area contributed by atoms with E-state index >= 15 is 0 Å². The van der Waals surface area contributed by atoms with Crippen molar-refractivity contribution in [3.05, 3.63) is 34.3 Å². The van der Waals surface area contributed by atoms with Crippen LogP contribution in [0.25, 0.3) is 0 Å². The van der Waals surface area contributed by atoms with E-state index in [9.17, 15) is 9.59 Å². The van der Waals surface area contributed by atoms with Gasteiger partial charge < -0.3 is 4.74 Å². The Morgan fingerprint density at radius 3 is 2.56 bits per heavy atom. The molecule has 0 atom stereocenters. The number of benzene rings is 1. The maximum Gasteiger partial charge on any atom is 0.305 e. The third-order valence-electron chi connectivity index (χ3n) is 2.27. The molecule has 0 aliphatic heterocycles. The Morgan fingerprint density at radius 2 is 2.00 bits per heavy atom. The zero-order chi connectivity index (χ0) is 12.1. The van der Waals surface area contributed by atoms with E-state index in [1.54, 1.807) is 18.2 Å². The van der Waals surface area contributed by atoms with Gasteiger partial charge in [-0.05, 0) is 30.7 Å². The molecule has 1 aromatic rings. The van der Waals surface area contributed by atoms with Crippen LogP contribution >= 0.6 is 11.6 Å². The van der Waals surface area contributed by atoms with E-state index in [4.69, 9.17) is 11.6 Å². The zero-order valence-corrected chi connectivity index (χ0v) is 10.0. The van der Waals surface area contributed by atoms with Crippen LogP contribution in [0.4, 0.5) is 0 Å². The molecule has 0 saturated carbocycles. The molecule has 0 heterocycles. The third kappa shape index (κ3) is 3.35. The molecule has 0 spiro atoms. The predicted molar refractivity (Wildman–Crippen MR) is 61.8 cm³/mol. The van der Waals surface area contributed by atoms with E-state index in [0.29, 0.717) is 10.6 Å². The minimum absolute atomic E-state index is 0.0698. The molecule has 0 saturated heterocycles.